The molecule has 2 aliphatic rings. The largest absolute Gasteiger partial charge is 0.647 e. The molecule has 0 amide bonds. The fraction of sp³-hybridized carbons (Fsp3) is 0.0667. The minimum Gasteiger partial charge on any atom is -0.386 e. The van der Waals surface area contributed by atoms with Crippen molar-refractivity contribution >= 4 is 13.6 Å². The number of fused-ring (bicyclic) bond motifs is 3. The fourth-order valence-electron chi connectivity index (χ4n) is 2.38. The van der Waals surface area contributed by atoms with Gasteiger partial charge >= 0.3 is 7.82 Å². The van der Waals surface area contributed by atoms with E-state index in [1.165, 1.54) is 0 Å². The van der Waals surface area contributed by atoms with E-state index in [9.17, 15) is 9.67 Å². The molecule has 2 aromatic rings. The zero-order valence-electron chi connectivity index (χ0n) is 10.8. The van der Waals surface area contributed by atoms with E-state index >= 15 is 0 Å². The third kappa shape index (κ3) is 1.94. The average molecular weight is 302 g/mol. The first-order valence-corrected chi connectivity index (χ1v) is 7.88. The van der Waals surface area contributed by atoms with Crippen LogP contribution in [0, 0.1) is 0 Å². The zero-order valence-corrected chi connectivity index (χ0v) is 11.7. The molecule has 1 N–H and O–H groups in total. The Morgan fingerprint density at radius 3 is 2.43 bits per heavy atom. The van der Waals surface area contributed by atoms with E-state index in [4.69, 9.17) is 13.6 Å². The van der Waals surface area contributed by atoms with Crippen LogP contribution in [0.5, 0.6) is 5.75 Å². The van der Waals surface area contributed by atoms with Crippen molar-refractivity contribution in [2.75, 3.05) is 0 Å². The normalized spacial score (nSPS) is 26.2. The van der Waals surface area contributed by atoms with Crippen LogP contribution in [0.4, 0.5) is 0 Å². The molecular weight excluding hydrogens is 291 g/mol. The van der Waals surface area contributed by atoms with E-state index in [2.05, 4.69) is 0 Å². The van der Waals surface area contributed by atoms with Crippen LogP contribution in [0.2, 0.25) is 0 Å². The quantitative estimate of drug-likeness (QED) is 0.815. The summed E-state index contributed by atoms with van der Waals surface area (Å²) in [7, 11) is -3.79. The average Bonchev–Trinajstić information content (AvgIpc) is 2.80. The van der Waals surface area contributed by atoms with Crippen LogP contribution in [-0.4, -0.2) is 5.11 Å². The summed E-state index contributed by atoms with van der Waals surface area (Å²) in [6, 6.07) is 15.9. The molecule has 0 fully saturated rings. The van der Waals surface area contributed by atoms with Gasteiger partial charge in [-0.1, -0.05) is 48.5 Å². The summed E-state index contributed by atoms with van der Waals surface area (Å²) in [6.07, 6.45) is -1.09. The molecule has 0 radical (unpaired) electrons. The number of hydrogen-bond donors (Lipinski definition) is 1. The number of phosphoric acid groups is 1. The van der Waals surface area contributed by atoms with Crippen LogP contribution in [0.3, 0.4) is 0 Å². The lowest BCUT2D eigenvalue weighted by Gasteiger charge is -2.15. The van der Waals surface area contributed by atoms with Gasteiger partial charge in [0, 0.05) is 11.1 Å². The Labute approximate surface area is 121 Å². The summed E-state index contributed by atoms with van der Waals surface area (Å²) in [5, 5.41) is 10.5. The van der Waals surface area contributed by atoms with E-state index in [0.29, 0.717) is 16.9 Å². The molecule has 0 spiro atoms. The van der Waals surface area contributed by atoms with E-state index in [1.54, 1.807) is 36.4 Å². The second kappa shape index (κ2) is 4.38. The van der Waals surface area contributed by atoms with Gasteiger partial charge in [-0.05, 0) is 6.07 Å². The van der Waals surface area contributed by atoms with Crippen molar-refractivity contribution in [3.8, 4) is 5.75 Å². The molecule has 2 unspecified atom stereocenters. The first-order valence-electron chi connectivity index (χ1n) is 6.42. The third-order valence-electron chi connectivity index (χ3n) is 3.35. The highest BCUT2D eigenvalue weighted by molar-refractivity contribution is 7.49. The van der Waals surface area contributed by atoms with Gasteiger partial charge in [-0.2, -0.15) is 4.57 Å². The van der Waals surface area contributed by atoms with Crippen molar-refractivity contribution in [1.82, 2.24) is 0 Å². The van der Waals surface area contributed by atoms with Gasteiger partial charge in [0.2, 0.25) is 0 Å². The highest BCUT2D eigenvalue weighted by Crippen LogP contribution is 2.65. The highest BCUT2D eigenvalue weighted by atomic mass is 31.2. The Morgan fingerprint density at radius 1 is 0.905 bits per heavy atom. The minimum atomic E-state index is -3.79. The van der Waals surface area contributed by atoms with Gasteiger partial charge in [-0.15, -0.1) is 0 Å². The van der Waals surface area contributed by atoms with Crippen molar-refractivity contribution < 1.29 is 23.2 Å². The molecule has 0 saturated heterocycles. The van der Waals surface area contributed by atoms with E-state index in [1.807, 2.05) is 18.2 Å². The summed E-state index contributed by atoms with van der Waals surface area (Å²) in [4.78, 5) is 0. The summed E-state index contributed by atoms with van der Waals surface area (Å²) < 4.78 is 28.6. The number of benzene rings is 2. The summed E-state index contributed by atoms with van der Waals surface area (Å²) >= 11 is 0. The molecule has 6 heteroatoms. The monoisotopic (exact) mass is 302 g/mol. The predicted octanol–water partition coefficient (Wildman–Crippen LogP) is 3.64. The number of para-hydroxylation sites is 1. The molecule has 0 aliphatic carbocycles. The molecule has 106 valence electrons. The van der Waals surface area contributed by atoms with Gasteiger partial charge in [0.1, 0.15) is 11.9 Å². The zero-order chi connectivity index (χ0) is 14.4. The van der Waals surface area contributed by atoms with Gasteiger partial charge in [0.05, 0.1) is 0 Å². The highest BCUT2D eigenvalue weighted by Gasteiger charge is 2.49. The molecule has 2 aliphatic heterocycles. The minimum absolute atomic E-state index is 0.120. The lowest BCUT2D eigenvalue weighted by molar-refractivity contribution is 0.169. The van der Waals surface area contributed by atoms with Crippen molar-refractivity contribution in [2.45, 2.75) is 6.10 Å². The maximum atomic E-state index is 12.5. The van der Waals surface area contributed by atoms with Crippen molar-refractivity contribution in [3.05, 3.63) is 71.5 Å². The van der Waals surface area contributed by atoms with E-state index in [-0.39, 0.29) is 11.5 Å². The molecule has 2 aromatic carbocycles. The summed E-state index contributed by atoms with van der Waals surface area (Å²) in [5.41, 5.74) is 1.18. The molecule has 2 heterocycles. The predicted molar refractivity (Wildman–Crippen MR) is 75.2 cm³/mol. The van der Waals surface area contributed by atoms with Gasteiger partial charge < -0.3 is 18.7 Å². The number of hydrogen-bond acceptors (Lipinski definition) is 5. The second-order valence-electron chi connectivity index (χ2n) is 4.72. The number of phosphoric ester groups is 1. The maximum Gasteiger partial charge on any atom is 0.647 e. The second-order valence-corrected chi connectivity index (χ2v) is 6.16. The molecule has 5 nitrogen and oxygen atoms in total. The summed E-state index contributed by atoms with van der Waals surface area (Å²) in [5.74, 6) is 0.672. The Kier molecular flexibility index (Phi) is 2.61. The third-order valence-corrected chi connectivity index (χ3v) is 4.59. The molecule has 21 heavy (non-hydrogen) atoms. The Balaban J connectivity index is 1.91. The number of aliphatic hydroxyl groups excluding tert-OH is 1. The molecule has 0 aromatic heterocycles. The topological polar surface area (TPSA) is 65.0 Å². The molecule has 2 bridgehead atoms. The van der Waals surface area contributed by atoms with Crippen LogP contribution in [0.15, 0.2) is 60.4 Å². The van der Waals surface area contributed by atoms with E-state index in [0.717, 1.165) is 0 Å². The van der Waals surface area contributed by atoms with Gasteiger partial charge in [-0.25, -0.2) is 0 Å². The van der Waals surface area contributed by atoms with E-state index < -0.39 is 13.9 Å². The lowest BCUT2D eigenvalue weighted by Crippen LogP contribution is -2.03. The van der Waals surface area contributed by atoms with Crippen LogP contribution >= 0.6 is 7.82 Å². The van der Waals surface area contributed by atoms with Crippen molar-refractivity contribution in [2.24, 2.45) is 0 Å². The van der Waals surface area contributed by atoms with Gasteiger partial charge in [0.25, 0.3) is 0 Å². The first kappa shape index (κ1) is 12.5. The smallest absolute Gasteiger partial charge is 0.386 e. The Morgan fingerprint density at radius 2 is 1.62 bits per heavy atom. The standard InChI is InChI=1S/C15H11O5P/c16-13-11-8-4-5-9-12(11)18-21(17)19-14(15(13)20-21)10-6-2-1-3-7-10/h1-9,13,16H. The van der Waals surface area contributed by atoms with Crippen molar-refractivity contribution in [3.63, 3.8) is 0 Å². The Hall–Kier alpha value is -2.23. The van der Waals surface area contributed by atoms with Gasteiger partial charge in [-0.3, -0.25) is 0 Å². The molecule has 0 saturated carbocycles. The van der Waals surface area contributed by atoms with Crippen LogP contribution in [0.25, 0.3) is 5.76 Å². The van der Waals surface area contributed by atoms with Crippen LogP contribution < -0.4 is 4.52 Å². The first-order chi connectivity index (χ1) is 10.2. The van der Waals surface area contributed by atoms with Crippen LogP contribution in [0.1, 0.15) is 17.2 Å². The fourth-order valence-corrected chi connectivity index (χ4v) is 3.75. The van der Waals surface area contributed by atoms with Crippen molar-refractivity contribution in [1.29, 1.82) is 0 Å². The Bertz CT molecular complexity index is 784. The molecular formula is C15H11O5P. The maximum absolute atomic E-state index is 12.5. The van der Waals surface area contributed by atoms with Gasteiger partial charge in [0.15, 0.2) is 11.5 Å². The molecule has 4 rings (SSSR count). The molecule has 2 atom stereocenters. The number of aliphatic hydroxyl groups is 1. The lowest BCUT2D eigenvalue weighted by atomic mass is 10.0. The summed E-state index contributed by atoms with van der Waals surface area (Å²) in [6.45, 7) is 0. The number of rotatable bonds is 1. The SMILES string of the molecule is O=P12OC(c3ccccc3)=C(O1)C(O)c1ccccc1O2. The van der Waals surface area contributed by atoms with Crippen LogP contribution in [-0.2, 0) is 13.6 Å².